The lowest BCUT2D eigenvalue weighted by Gasteiger charge is -2.26. The van der Waals surface area contributed by atoms with Crippen LogP contribution in [0.25, 0.3) is 0 Å². The minimum Gasteiger partial charge on any atom is -0.480 e. The van der Waals surface area contributed by atoms with Gasteiger partial charge in [0.15, 0.2) is 0 Å². The molecule has 1 heterocycles. The first-order valence-electron chi connectivity index (χ1n) is 6.05. The zero-order valence-electron chi connectivity index (χ0n) is 10.3. The molecule has 17 heavy (non-hydrogen) atoms. The summed E-state index contributed by atoms with van der Waals surface area (Å²) in [7, 11) is 1.58. The number of carbonyl (C=O) groups excluding carboxylic acids is 1. The van der Waals surface area contributed by atoms with Crippen LogP contribution in [0.1, 0.15) is 26.2 Å². The molecule has 5 nitrogen and oxygen atoms in total. The van der Waals surface area contributed by atoms with Crippen molar-refractivity contribution in [3.63, 3.8) is 0 Å². The Morgan fingerprint density at radius 2 is 2.00 bits per heavy atom. The van der Waals surface area contributed by atoms with E-state index in [9.17, 15) is 9.59 Å². The van der Waals surface area contributed by atoms with Gasteiger partial charge in [-0.1, -0.05) is 0 Å². The summed E-state index contributed by atoms with van der Waals surface area (Å²) in [6.07, 6.45) is 2.75. The summed E-state index contributed by atoms with van der Waals surface area (Å²) >= 11 is 0. The maximum absolute atomic E-state index is 12.1. The topological polar surface area (TPSA) is 66.8 Å². The van der Waals surface area contributed by atoms with Crippen LogP contribution in [-0.2, 0) is 14.3 Å². The third kappa shape index (κ3) is 2.16. The molecule has 5 heteroatoms. The van der Waals surface area contributed by atoms with Crippen LogP contribution in [0, 0.1) is 11.3 Å². The second-order valence-electron chi connectivity index (χ2n) is 5.19. The van der Waals surface area contributed by atoms with Crippen molar-refractivity contribution < 1.29 is 19.4 Å². The molecule has 1 aliphatic carbocycles. The Morgan fingerprint density at radius 1 is 1.41 bits per heavy atom. The summed E-state index contributed by atoms with van der Waals surface area (Å²) in [5.41, 5.74) is 0.113. The number of carboxylic acids is 1. The number of hydrogen-bond donors (Lipinski definition) is 1. The standard InChI is InChI=1S/C12H19NO4/c1-8(11(15)16)13(2)10(14)9-7-12(9)3-5-17-6-4-12/h8-9H,3-7H2,1-2H3,(H,15,16)/t8-,9-/m0/s1. The average molecular weight is 241 g/mol. The fraction of sp³-hybridized carbons (Fsp3) is 0.833. The highest BCUT2D eigenvalue weighted by molar-refractivity contribution is 5.87. The van der Waals surface area contributed by atoms with Crippen molar-refractivity contribution in [3.8, 4) is 0 Å². The molecule has 0 bridgehead atoms. The third-order valence-corrected chi connectivity index (χ3v) is 4.26. The smallest absolute Gasteiger partial charge is 0.326 e. The lowest BCUT2D eigenvalue weighted by Crippen LogP contribution is -2.42. The van der Waals surface area contributed by atoms with Gasteiger partial charge in [-0.25, -0.2) is 4.79 Å². The largest absolute Gasteiger partial charge is 0.480 e. The van der Waals surface area contributed by atoms with E-state index in [1.54, 1.807) is 14.0 Å². The number of nitrogens with zero attached hydrogens (tertiary/aromatic N) is 1. The predicted octanol–water partition coefficient (Wildman–Crippen LogP) is 0.735. The number of ether oxygens (including phenoxy) is 1. The van der Waals surface area contributed by atoms with Crippen LogP contribution >= 0.6 is 0 Å². The van der Waals surface area contributed by atoms with Gasteiger partial charge in [-0.3, -0.25) is 4.79 Å². The second-order valence-corrected chi connectivity index (χ2v) is 5.19. The Morgan fingerprint density at radius 3 is 2.53 bits per heavy atom. The number of carboxylic acid groups (broad SMARTS) is 1. The van der Waals surface area contributed by atoms with E-state index >= 15 is 0 Å². The third-order valence-electron chi connectivity index (χ3n) is 4.26. The molecule has 1 saturated heterocycles. The summed E-state index contributed by atoms with van der Waals surface area (Å²) in [6, 6.07) is -0.750. The van der Waals surface area contributed by atoms with E-state index in [0.29, 0.717) is 0 Å². The van der Waals surface area contributed by atoms with Crippen molar-refractivity contribution >= 4 is 11.9 Å². The summed E-state index contributed by atoms with van der Waals surface area (Å²) < 4.78 is 5.30. The highest BCUT2D eigenvalue weighted by Gasteiger charge is 2.59. The van der Waals surface area contributed by atoms with Gasteiger partial charge in [0.05, 0.1) is 0 Å². The molecule has 96 valence electrons. The maximum Gasteiger partial charge on any atom is 0.326 e. The molecule has 2 atom stereocenters. The van der Waals surface area contributed by atoms with Gasteiger partial charge in [-0.2, -0.15) is 0 Å². The van der Waals surface area contributed by atoms with E-state index in [-0.39, 0.29) is 17.2 Å². The first-order chi connectivity index (χ1) is 7.98. The molecule has 0 unspecified atom stereocenters. The fourth-order valence-corrected chi connectivity index (χ4v) is 2.63. The fourth-order valence-electron chi connectivity index (χ4n) is 2.63. The molecule has 0 radical (unpaired) electrons. The quantitative estimate of drug-likeness (QED) is 0.791. The van der Waals surface area contributed by atoms with Gasteiger partial charge in [0.2, 0.25) is 5.91 Å². The van der Waals surface area contributed by atoms with Crippen molar-refractivity contribution in [2.24, 2.45) is 11.3 Å². The minimum atomic E-state index is -0.956. The molecule has 2 aliphatic rings. The van der Waals surface area contributed by atoms with Gasteiger partial charge in [0.1, 0.15) is 6.04 Å². The van der Waals surface area contributed by atoms with E-state index in [0.717, 1.165) is 32.5 Å². The average Bonchev–Trinajstić information content (AvgIpc) is 3.00. The van der Waals surface area contributed by atoms with Crippen LogP contribution in [0.2, 0.25) is 0 Å². The van der Waals surface area contributed by atoms with E-state index < -0.39 is 12.0 Å². The Kier molecular flexibility index (Phi) is 3.12. The van der Waals surface area contributed by atoms with E-state index in [1.807, 2.05) is 0 Å². The Labute approximate surface area is 101 Å². The lowest BCUT2D eigenvalue weighted by molar-refractivity contribution is -0.149. The van der Waals surface area contributed by atoms with Gasteiger partial charge in [0.25, 0.3) is 0 Å². The van der Waals surface area contributed by atoms with Crippen molar-refractivity contribution in [1.29, 1.82) is 0 Å². The van der Waals surface area contributed by atoms with Gasteiger partial charge in [-0.15, -0.1) is 0 Å². The number of aliphatic carboxylic acids is 1. The molecule has 1 N–H and O–H groups in total. The van der Waals surface area contributed by atoms with Crippen molar-refractivity contribution in [3.05, 3.63) is 0 Å². The van der Waals surface area contributed by atoms with Crippen LogP contribution in [0.3, 0.4) is 0 Å². The molecule has 0 aromatic carbocycles. The highest BCUT2D eigenvalue weighted by Crippen LogP contribution is 2.59. The molecule has 1 spiro atoms. The Balaban J connectivity index is 1.96. The Hall–Kier alpha value is -1.10. The van der Waals surface area contributed by atoms with Crippen LogP contribution in [0.15, 0.2) is 0 Å². The molecular formula is C12H19NO4. The number of hydrogen-bond acceptors (Lipinski definition) is 3. The van der Waals surface area contributed by atoms with Crippen LogP contribution in [-0.4, -0.2) is 48.2 Å². The molecule has 2 fully saturated rings. The highest BCUT2D eigenvalue weighted by atomic mass is 16.5. The SMILES string of the molecule is C[C@@H](C(=O)O)N(C)C(=O)[C@@H]1CC12CCOCC2. The molecule has 1 aliphatic heterocycles. The maximum atomic E-state index is 12.1. The van der Waals surface area contributed by atoms with Crippen molar-refractivity contribution in [2.45, 2.75) is 32.2 Å². The molecule has 0 aromatic rings. The predicted molar refractivity (Wildman–Crippen MR) is 60.5 cm³/mol. The van der Waals surface area contributed by atoms with Crippen LogP contribution in [0.5, 0.6) is 0 Å². The summed E-state index contributed by atoms with van der Waals surface area (Å²) in [5.74, 6) is -0.970. The molecule has 0 aromatic heterocycles. The Bertz CT molecular complexity index is 335. The van der Waals surface area contributed by atoms with Crippen LogP contribution in [0.4, 0.5) is 0 Å². The van der Waals surface area contributed by atoms with Crippen LogP contribution < -0.4 is 0 Å². The molecule has 2 rings (SSSR count). The minimum absolute atomic E-state index is 0.0122. The zero-order valence-corrected chi connectivity index (χ0v) is 10.3. The van der Waals surface area contributed by atoms with E-state index in [1.165, 1.54) is 4.90 Å². The van der Waals surface area contributed by atoms with E-state index in [4.69, 9.17) is 9.84 Å². The van der Waals surface area contributed by atoms with Gasteiger partial charge in [-0.05, 0) is 31.6 Å². The van der Waals surface area contributed by atoms with Crippen molar-refractivity contribution in [2.75, 3.05) is 20.3 Å². The number of carbonyl (C=O) groups is 2. The summed E-state index contributed by atoms with van der Waals surface area (Å²) in [6.45, 7) is 2.99. The zero-order chi connectivity index (χ0) is 12.6. The van der Waals surface area contributed by atoms with E-state index in [2.05, 4.69) is 0 Å². The number of likely N-dealkylation sites (N-methyl/N-ethyl adjacent to an activating group) is 1. The normalized spacial score (nSPS) is 27.5. The van der Waals surface area contributed by atoms with Crippen molar-refractivity contribution in [1.82, 2.24) is 4.90 Å². The summed E-state index contributed by atoms with van der Waals surface area (Å²) in [5, 5.41) is 8.89. The van der Waals surface area contributed by atoms with Gasteiger partial charge < -0.3 is 14.7 Å². The molecule has 1 saturated carbocycles. The monoisotopic (exact) mass is 241 g/mol. The number of amides is 1. The molecular weight excluding hydrogens is 222 g/mol. The second kappa shape index (κ2) is 4.29. The van der Waals surface area contributed by atoms with Gasteiger partial charge >= 0.3 is 5.97 Å². The summed E-state index contributed by atoms with van der Waals surface area (Å²) in [4.78, 5) is 24.3. The molecule has 1 amide bonds. The first kappa shape index (κ1) is 12.4. The van der Waals surface area contributed by atoms with Gasteiger partial charge in [0, 0.05) is 26.2 Å². The first-order valence-corrected chi connectivity index (χ1v) is 6.05. The number of rotatable bonds is 3. The lowest BCUT2D eigenvalue weighted by atomic mass is 9.93.